The van der Waals surface area contributed by atoms with Crippen molar-refractivity contribution in [3.05, 3.63) is 95.1 Å². The SMILES string of the molecule is CO/N=C(\COc1ccc(COc2ccc(CCC(=O)O)cc2)cc1)c1ccc(C#N)cc1. The van der Waals surface area contributed by atoms with Gasteiger partial charge < -0.3 is 19.4 Å². The second-order valence-corrected chi connectivity index (χ2v) is 7.17. The Morgan fingerprint density at radius 1 is 0.909 bits per heavy atom. The number of hydrogen-bond acceptors (Lipinski definition) is 6. The second-order valence-electron chi connectivity index (χ2n) is 7.17. The van der Waals surface area contributed by atoms with Gasteiger partial charge in [0.15, 0.2) is 0 Å². The highest BCUT2D eigenvalue weighted by atomic mass is 16.6. The van der Waals surface area contributed by atoms with Crippen LogP contribution < -0.4 is 9.47 Å². The average Bonchev–Trinajstić information content (AvgIpc) is 2.85. The van der Waals surface area contributed by atoms with Gasteiger partial charge in [-0.05, 0) is 53.9 Å². The molecule has 0 radical (unpaired) electrons. The Balaban J connectivity index is 1.51. The molecule has 1 N–H and O–H groups in total. The van der Waals surface area contributed by atoms with E-state index >= 15 is 0 Å². The van der Waals surface area contributed by atoms with Crippen LogP contribution in [-0.4, -0.2) is 30.5 Å². The standard InChI is InChI=1S/C26H24N2O5/c1-31-28-25(22-9-2-20(16-27)3-10-22)18-33-24-13-6-21(7-14-24)17-32-23-11-4-19(5-12-23)8-15-26(29)30/h2-7,9-14H,8,15,17-18H2,1H3,(H,29,30)/b28-25+. The van der Waals surface area contributed by atoms with Crippen molar-refractivity contribution in [1.82, 2.24) is 0 Å². The van der Waals surface area contributed by atoms with Gasteiger partial charge in [0, 0.05) is 12.0 Å². The van der Waals surface area contributed by atoms with Gasteiger partial charge in [0.2, 0.25) is 0 Å². The van der Waals surface area contributed by atoms with Crippen molar-refractivity contribution in [1.29, 1.82) is 5.26 Å². The van der Waals surface area contributed by atoms with Crippen molar-refractivity contribution in [3.8, 4) is 17.6 Å². The molecule has 3 rings (SSSR count). The predicted octanol–water partition coefficient (Wildman–Crippen LogP) is 4.58. The number of carboxylic acid groups (broad SMARTS) is 1. The Bertz CT molecular complexity index is 1120. The van der Waals surface area contributed by atoms with Crippen molar-refractivity contribution >= 4 is 11.7 Å². The lowest BCUT2D eigenvalue weighted by Crippen LogP contribution is -2.13. The van der Waals surface area contributed by atoms with E-state index < -0.39 is 5.97 Å². The van der Waals surface area contributed by atoms with Crippen LogP contribution >= 0.6 is 0 Å². The molecule has 0 saturated carbocycles. The third-order valence-electron chi connectivity index (χ3n) is 4.80. The van der Waals surface area contributed by atoms with Crippen LogP contribution in [0.3, 0.4) is 0 Å². The minimum absolute atomic E-state index is 0.112. The molecule has 7 heteroatoms. The van der Waals surface area contributed by atoms with Crippen LogP contribution in [0.25, 0.3) is 0 Å². The van der Waals surface area contributed by atoms with Gasteiger partial charge in [0.05, 0.1) is 11.6 Å². The van der Waals surface area contributed by atoms with Crippen LogP contribution in [0.1, 0.15) is 28.7 Å². The van der Waals surface area contributed by atoms with Crippen LogP contribution in [0.4, 0.5) is 0 Å². The first-order valence-corrected chi connectivity index (χ1v) is 10.3. The summed E-state index contributed by atoms with van der Waals surface area (Å²) in [6.45, 7) is 0.611. The number of hydrogen-bond donors (Lipinski definition) is 1. The van der Waals surface area contributed by atoms with Crippen LogP contribution in [0.2, 0.25) is 0 Å². The van der Waals surface area contributed by atoms with Crippen molar-refractivity contribution in [2.45, 2.75) is 19.4 Å². The summed E-state index contributed by atoms with van der Waals surface area (Å²) in [7, 11) is 1.47. The number of nitriles is 1. The smallest absolute Gasteiger partial charge is 0.303 e. The number of oxime groups is 1. The fourth-order valence-electron chi connectivity index (χ4n) is 3.01. The maximum atomic E-state index is 10.7. The summed E-state index contributed by atoms with van der Waals surface area (Å²) < 4.78 is 11.6. The summed E-state index contributed by atoms with van der Waals surface area (Å²) in [4.78, 5) is 15.6. The molecule has 3 aromatic carbocycles. The lowest BCUT2D eigenvalue weighted by molar-refractivity contribution is -0.136. The molecule has 0 aromatic heterocycles. The van der Waals surface area contributed by atoms with Gasteiger partial charge in [0.25, 0.3) is 0 Å². The van der Waals surface area contributed by atoms with Gasteiger partial charge >= 0.3 is 5.97 Å². The summed E-state index contributed by atoms with van der Waals surface area (Å²) in [5.74, 6) is 0.593. The van der Waals surface area contributed by atoms with Crippen LogP contribution in [0.15, 0.2) is 78.0 Å². The van der Waals surface area contributed by atoms with E-state index in [0.717, 1.165) is 22.4 Å². The number of aryl methyl sites for hydroxylation is 1. The lowest BCUT2D eigenvalue weighted by Gasteiger charge is -2.10. The molecule has 0 amide bonds. The molecule has 0 atom stereocenters. The lowest BCUT2D eigenvalue weighted by atomic mass is 10.1. The molecule has 168 valence electrons. The van der Waals surface area contributed by atoms with E-state index in [9.17, 15) is 4.79 Å². The first-order chi connectivity index (χ1) is 16.1. The predicted molar refractivity (Wildman–Crippen MR) is 123 cm³/mol. The third-order valence-corrected chi connectivity index (χ3v) is 4.80. The summed E-state index contributed by atoms with van der Waals surface area (Å²) in [5.41, 5.74) is 3.94. The minimum Gasteiger partial charge on any atom is -0.489 e. The van der Waals surface area contributed by atoms with Crippen molar-refractivity contribution in [3.63, 3.8) is 0 Å². The third kappa shape index (κ3) is 7.40. The fourth-order valence-corrected chi connectivity index (χ4v) is 3.01. The molecule has 0 bridgehead atoms. The van der Waals surface area contributed by atoms with Crippen molar-refractivity contribution in [2.24, 2.45) is 5.16 Å². The number of rotatable bonds is 11. The summed E-state index contributed by atoms with van der Waals surface area (Å²) >= 11 is 0. The van der Waals surface area contributed by atoms with Crippen LogP contribution in [-0.2, 0) is 22.7 Å². The molecule has 0 aliphatic heterocycles. The van der Waals surface area contributed by atoms with Gasteiger partial charge in [-0.2, -0.15) is 5.26 Å². The molecule has 0 aliphatic rings. The molecule has 0 unspecified atom stereocenters. The largest absolute Gasteiger partial charge is 0.489 e. The second kappa shape index (κ2) is 11.9. The van der Waals surface area contributed by atoms with Gasteiger partial charge in [0.1, 0.15) is 37.5 Å². The highest BCUT2D eigenvalue weighted by Crippen LogP contribution is 2.18. The fraction of sp³-hybridized carbons (Fsp3) is 0.192. The van der Waals surface area contributed by atoms with E-state index in [1.807, 2.05) is 48.5 Å². The molecule has 0 fully saturated rings. The van der Waals surface area contributed by atoms with E-state index in [4.69, 9.17) is 24.7 Å². The normalized spacial score (nSPS) is 10.8. The molecule has 7 nitrogen and oxygen atoms in total. The summed E-state index contributed by atoms with van der Waals surface area (Å²) in [6, 6.07) is 24.1. The Labute approximate surface area is 192 Å². The molecule has 3 aromatic rings. The monoisotopic (exact) mass is 444 g/mol. The van der Waals surface area contributed by atoms with E-state index in [2.05, 4.69) is 11.2 Å². The maximum Gasteiger partial charge on any atom is 0.303 e. The van der Waals surface area contributed by atoms with E-state index in [1.165, 1.54) is 7.11 Å². The van der Waals surface area contributed by atoms with Gasteiger partial charge in [-0.1, -0.05) is 41.6 Å². The van der Waals surface area contributed by atoms with Crippen molar-refractivity contribution < 1.29 is 24.2 Å². The highest BCUT2D eigenvalue weighted by molar-refractivity contribution is 6.01. The summed E-state index contributed by atoms with van der Waals surface area (Å²) in [6.07, 6.45) is 0.611. The molecule has 0 heterocycles. The molecular formula is C26H24N2O5. The Hall–Kier alpha value is -4.31. The van der Waals surface area contributed by atoms with Gasteiger partial charge in [-0.25, -0.2) is 0 Å². The average molecular weight is 444 g/mol. The van der Waals surface area contributed by atoms with Gasteiger partial charge in [-0.3, -0.25) is 4.79 Å². The van der Waals surface area contributed by atoms with E-state index in [1.54, 1.807) is 24.3 Å². The molecule has 0 saturated heterocycles. The van der Waals surface area contributed by atoms with Crippen molar-refractivity contribution in [2.75, 3.05) is 13.7 Å². The number of nitrogens with zero attached hydrogens (tertiary/aromatic N) is 2. The van der Waals surface area contributed by atoms with E-state index in [-0.39, 0.29) is 13.0 Å². The number of carboxylic acids is 1. The first kappa shape index (κ1) is 23.4. The van der Waals surface area contributed by atoms with Gasteiger partial charge in [-0.15, -0.1) is 0 Å². The van der Waals surface area contributed by atoms with E-state index in [0.29, 0.717) is 30.1 Å². The number of aliphatic carboxylic acids is 1. The molecule has 0 spiro atoms. The zero-order chi connectivity index (χ0) is 23.5. The van der Waals surface area contributed by atoms with Crippen LogP contribution in [0, 0.1) is 11.3 Å². The first-order valence-electron chi connectivity index (χ1n) is 10.3. The minimum atomic E-state index is -0.806. The Kier molecular flexibility index (Phi) is 8.43. The zero-order valence-electron chi connectivity index (χ0n) is 18.2. The molecule has 33 heavy (non-hydrogen) atoms. The number of ether oxygens (including phenoxy) is 2. The number of carbonyl (C=O) groups is 1. The quantitative estimate of drug-likeness (QED) is 0.343. The Morgan fingerprint density at radius 3 is 2.09 bits per heavy atom. The zero-order valence-corrected chi connectivity index (χ0v) is 18.2. The highest BCUT2D eigenvalue weighted by Gasteiger charge is 2.07. The van der Waals surface area contributed by atoms with Crippen LogP contribution in [0.5, 0.6) is 11.5 Å². The topological polar surface area (TPSA) is 101 Å². The Morgan fingerprint density at radius 2 is 1.52 bits per heavy atom. The molecule has 0 aliphatic carbocycles. The molecular weight excluding hydrogens is 420 g/mol. The summed E-state index contributed by atoms with van der Waals surface area (Å²) in [5, 5.41) is 21.7. The maximum absolute atomic E-state index is 10.7. The number of benzene rings is 3.